The maximum atomic E-state index is 11.7. The fraction of sp³-hybridized carbons (Fsp3) is 0.158. The minimum Gasteiger partial charge on any atom is -0.354 e. The summed E-state index contributed by atoms with van der Waals surface area (Å²) >= 11 is 0. The summed E-state index contributed by atoms with van der Waals surface area (Å²) in [5.41, 5.74) is 3.30. The van der Waals surface area contributed by atoms with Crippen LogP contribution in [0.5, 0.6) is 0 Å². The molecule has 4 nitrogen and oxygen atoms in total. The van der Waals surface area contributed by atoms with Crippen LogP contribution in [0.25, 0.3) is 27.9 Å². The molecule has 0 spiro atoms. The van der Waals surface area contributed by atoms with Crippen LogP contribution >= 0.6 is 0 Å². The number of aromatic nitrogens is 1. The first-order valence-corrected chi connectivity index (χ1v) is 7.54. The van der Waals surface area contributed by atoms with Gasteiger partial charge in [0, 0.05) is 35.4 Å². The van der Waals surface area contributed by atoms with Crippen molar-refractivity contribution in [3.05, 3.63) is 53.6 Å². The molecule has 23 heavy (non-hydrogen) atoms. The van der Waals surface area contributed by atoms with Crippen LogP contribution in [0, 0.1) is 11.3 Å². The third kappa shape index (κ3) is 2.47. The van der Waals surface area contributed by atoms with E-state index in [2.05, 4.69) is 28.9 Å². The average molecular weight is 303 g/mol. The Hall–Kier alpha value is -3.06. The Morgan fingerprint density at radius 2 is 1.96 bits per heavy atom. The van der Waals surface area contributed by atoms with Crippen molar-refractivity contribution in [1.29, 1.82) is 5.26 Å². The number of rotatable bonds is 3. The molecule has 0 radical (unpaired) electrons. The van der Waals surface area contributed by atoms with Gasteiger partial charge in [-0.15, -0.1) is 0 Å². The largest absolute Gasteiger partial charge is 0.354 e. The molecule has 0 aliphatic carbocycles. The molecule has 1 heterocycles. The number of nitrogens with zero attached hydrogens (tertiary/aromatic N) is 2. The molecule has 0 bridgehead atoms. The number of carbonyl (C=O) groups is 1. The molecule has 1 N–H and O–H groups in total. The van der Waals surface area contributed by atoms with Gasteiger partial charge in [-0.2, -0.15) is 5.26 Å². The van der Waals surface area contributed by atoms with Crippen LogP contribution in [0.1, 0.15) is 12.5 Å². The Morgan fingerprint density at radius 3 is 2.65 bits per heavy atom. The Kier molecular flexibility index (Phi) is 3.86. The molecule has 0 fully saturated rings. The summed E-state index contributed by atoms with van der Waals surface area (Å²) in [6.07, 6.45) is 1.62. The van der Waals surface area contributed by atoms with Crippen LogP contribution in [0.4, 0.5) is 0 Å². The number of carbonyl (C=O) groups excluding carboxylic acids is 1. The molecule has 3 aromatic rings. The number of hydrogen-bond acceptors (Lipinski definition) is 2. The van der Waals surface area contributed by atoms with Gasteiger partial charge in [0.05, 0.1) is 0 Å². The van der Waals surface area contributed by atoms with Crippen LogP contribution in [0.2, 0.25) is 0 Å². The smallest absolute Gasteiger partial charge is 0.261 e. The fourth-order valence-corrected chi connectivity index (χ4v) is 2.95. The zero-order valence-electron chi connectivity index (χ0n) is 13.1. The molecule has 0 saturated carbocycles. The van der Waals surface area contributed by atoms with Crippen molar-refractivity contribution in [2.45, 2.75) is 13.5 Å². The molecule has 0 aliphatic heterocycles. The van der Waals surface area contributed by atoms with Crippen LogP contribution < -0.4 is 5.32 Å². The summed E-state index contributed by atoms with van der Waals surface area (Å²) in [4.78, 5) is 11.7. The standard InChI is InChI=1S/C19H17N3O/c1-3-22-17-7-5-4-6-15(17)16-11-13(8-9-18(16)22)10-14(12-20)19(23)21-2/h4-11H,3H2,1-2H3,(H,21,23)/b14-10+. The Labute approximate surface area is 134 Å². The summed E-state index contributed by atoms with van der Waals surface area (Å²) in [6.45, 7) is 3.01. The predicted molar refractivity (Wildman–Crippen MR) is 92.8 cm³/mol. The van der Waals surface area contributed by atoms with E-state index in [0.29, 0.717) is 0 Å². The molecule has 4 heteroatoms. The molecule has 3 rings (SSSR count). The fourth-order valence-electron chi connectivity index (χ4n) is 2.95. The molecular formula is C19H17N3O. The highest BCUT2D eigenvalue weighted by atomic mass is 16.1. The molecule has 1 amide bonds. The second kappa shape index (κ2) is 5.98. The van der Waals surface area contributed by atoms with E-state index in [1.165, 1.54) is 18.0 Å². The predicted octanol–water partition coefficient (Wildman–Crippen LogP) is 3.47. The SMILES string of the molecule is CCn1c2ccccc2c2cc(/C=C(\C#N)C(=O)NC)ccc21. The number of fused-ring (bicyclic) bond motifs is 3. The highest BCUT2D eigenvalue weighted by Gasteiger charge is 2.10. The average Bonchev–Trinajstić information content (AvgIpc) is 2.92. The highest BCUT2D eigenvalue weighted by Crippen LogP contribution is 2.30. The lowest BCUT2D eigenvalue weighted by Crippen LogP contribution is -2.19. The van der Waals surface area contributed by atoms with E-state index < -0.39 is 0 Å². The second-order valence-electron chi connectivity index (χ2n) is 5.29. The first-order chi connectivity index (χ1) is 11.2. The molecule has 0 unspecified atom stereocenters. The quantitative estimate of drug-likeness (QED) is 0.595. The molecule has 114 valence electrons. The van der Waals surface area contributed by atoms with Gasteiger partial charge in [-0.25, -0.2) is 0 Å². The molecule has 2 aromatic carbocycles. The second-order valence-corrected chi connectivity index (χ2v) is 5.29. The third-order valence-corrected chi connectivity index (χ3v) is 4.02. The topological polar surface area (TPSA) is 57.8 Å². The lowest BCUT2D eigenvalue weighted by molar-refractivity contribution is -0.116. The van der Waals surface area contributed by atoms with Crippen LogP contribution in [0.15, 0.2) is 48.0 Å². The van der Waals surface area contributed by atoms with Gasteiger partial charge in [0.25, 0.3) is 5.91 Å². The van der Waals surface area contributed by atoms with E-state index >= 15 is 0 Å². The molecule has 0 atom stereocenters. The number of benzene rings is 2. The van der Waals surface area contributed by atoms with Crippen molar-refractivity contribution in [2.24, 2.45) is 0 Å². The number of nitrogens with one attached hydrogen (secondary N) is 1. The van der Waals surface area contributed by atoms with Crippen LogP contribution in [-0.2, 0) is 11.3 Å². The van der Waals surface area contributed by atoms with Gasteiger partial charge in [-0.3, -0.25) is 4.79 Å². The van der Waals surface area contributed by atoms with Gasteiger partial charge in [0.1, 0.15) is 11.6 Å². The Bertz CT molecular complexity index is 973. The summed E-state index contributed by atoms with van der Waals surface area (Å²) in [6, 6.07) is 16.2. The number of likely N-dealkylation sites (N-methyl/N-ethyl adjacent to an activating group) is 1. The zero-order chi connectivity index (χ0) is 16.4. The van der Waals surface area contributed by atoms with E-state index in [4.69, 9.17) is 5.26 Å². The number of amides is 1. The van der Waals surface area contributed by atoms with Crippen LogP contribution in [0.3, 0.4) is 0 Å². The van der Waals surface area contributed by atoms with Gasteiger partial charge in [-0.1, -0.05) is 24.3 Å². The first-order valence-electron chi connectivity index (χ1n) is 7.54. The molecule has 1 aromatic heterocycles. The van der Waals surface area contributed by atoms with Gasteiger partial charge >= 0.3 is 0 Å². The van der Waals surface area contributed by atoms with Gasteiger partial charge in [0.15, 0.2) is 0 Å². The maximum absolute atomic E-state index is 11.7. The van der Waals surface area contributed by atoms with E-state index in [9.17, 15) is 4.79 Å². The lowest BCUT2D eigenvalue weighted by Gasteiger charge is -2.03. The summed E-state index contributed by atoms with van der Waals surface area (Å²) in [5.74, 6) is -0.372. The van der Waals surface area contributed by atoms with Crippen LogP contribution in [-0.4, -0.2) is 17.5 Å². The first kappa shape index (κ1) is 14.9. The van der Waals surface area contributed by atoms with Gasteiger partial charge < -0.3 is 9.88 Å². The van der Waals surface area contributed by atoms with Gasteiger partial charge in [-0.05, 0) is 36.8 Å². The van der Waals surface area contributed by atoms with Crippen molar-refractivity contribution in [1.82, 2.24) is 9.88 Å². The number of hydrogen-bond donors (Lipinski definition) is 1. The summed E-state index contributed by atoms with van der Waals surface area (Å²) in [5, 5.41) is 13.9. The van der Waals surface area contributed by atoms with E-state index in [-0.39, 0.29) is 11.5 Å². The Morgan fingerprint density at radius 1 is 1.22 bits per heavy atom. The number of aryl methyl sites for hydroxylation is 1. The highest BCUT2D eigenvalue weighted by molar-refractivity contribution is 6.09. The minimum atomic E-state index is -0.372. The van der Waals surface area contributed by atoms with Crippen molar-refractivity contribution in [2.75, 3.05) is 7.05 Å². The number of nitriles is 1. The number of para-hydroxylation sites is 1. The Balaban J connectivity index is 2.24. The van der Waals surface area contributed by atoms with E-state index in [1.54, 1.807) is 6.08 Å². The van der Waals surface area contributed by atoms with Crippen molar-refractivity contribution in [3.8, 4) is 6.07 Å². The zero-order valence-corrected chi connectivity index (χ0v) is 13.1. The van der Waals surface area contributed by atoms with Crippen molar-refractivity contribution >= 4 is 33.8 Å². The van der Waals surface area contributed by atoms with E-state index in [1.807, 2.05) is 36.4 Å². The summed E-state index contributed by atoms with van der Waals surface area (Å²) < 4.78 is 2.27. The molecular weight excluding hydrogens is 286 g/mol. The maximum Gasteiger partial charge on any atom is 0.261 e. The van der Waals surface area contributed by atoms with Gasteiger partial charge in [0.2, 0.25) is 0 Å². The lowest BCUT2D eigenvalue weighted by atomic mass is 10.1. The molecule has 0 aliphatic rings. The van der Waals surface area contributed by atoms with Crippen molar-refractivity contribution in [3.63, 3.8) is 0 Å². The van der Waals surface area contributed by atoms with E-state index in [0.717, 1.165) is 23.0 Å². The normalized spacial score (nSPS) is 11.6. The van der Waals surface area contributed by atoms with Crippen molar-refractivity contribution < 1.29 is 4.79 Å². The monoisotopic (exact) mass is 303 g/mol. The third-order valence-electron chi connectivity index (χ3n) is 4.02. The molecule has 0 saturated heterocycles. The minimum absolute atomic E-state index is 0.103. The summed E-state index contributed by atoms with van der Waals surface area (Å²) in [7, 11) is 1.52.